The third-order valence-electron chi connectivity index (χ3n) is 1.98. The quantitative estimate of drug-likeness (QED) is 0.918. The molecule has 0 unspecified atom stereocenters. The van der Waals surface area contributed by atoms with Gasteiger partial charge in [0.15, 0.2) is 5.13 Å². The Kier molecular flexibility index (Phi) is 3.29. The Morgan fingerprint density at radius 2 is 2.13 bits per heavy atom. The number of aromatic nitrogens is 1. The van der Waals surface area contributed by atoms with Gasteiger partial charge in [-0.3, -0.25) is 0 Å². The van der Waals surface area contributed by atoms with Crippen molar-refractivity contribution >= 4 is 44.0 Å². The van der Waals surface area contributed by atoms with Crippen LogP contribution in [-0.2, 0) is 6.42 Å². The summed E-state index contributed by atoms with van der Waals surface area (Å²) in [5, 5.41) is 1.35. The van der Waals surface area contributed by atoms with Crippen LogP contribution in [0.1, 0.15) is 10.4 Å². The number of rotatable bonds is 2. The molecule has 0 aliphatic heterocycles. The van der Waals surface area contributed by atoms with E-state index in [1.807, 2.05) is 24.3 Å². The molecule has 1 heterocycles. The summed E-state index contributed by atoms with van der Waals surface area (Å²) in [5.41, 5.74) is 6.70. The highest BCUT2D eigenvalue weighted by Crippen LogP contribution is 2.29. The SMILES string of the molecule is Nc1nc(Br)c(Cc2ccccc2Cl)s1. The molecule has 78 valence electrons. The Morgan fingerprint density at radius 3 is 2.73 bits per heavy atom. The molecule has 0 aliphatic rings. The highest BCUT2D eigenvalue weighted by Gasteiger charge is 2.09. The third kappa shape index (κ3) is 2.51. The van der Waals surface area contributed by atoms with Gasteiger partial charge in [-0.15, -0.1) is 11.3 Å². The van der Waals surface area contributed by atoms with Gasteiger partial charge >= 0.3 is 0 Å². The Balaban J connectivity index is 2.29. The summed E-state index contributed by atoms with van der Waals surface area (Å²) in [5.74, 6) is 0. The van der Waals surface area contributed by atoms with Gasteiger partial charge in [-0.05, 0) is 27.6 Å². The molecule has 1 aromatic heterocycles. The smallest absolute Gasteiger partial charge is 0.181 e. The van der Waals surface area contributed by atoms with Gasteiger partial charge in [-0.1, -0.05) is 29.8 Å². The van der Waals surface area contributed by atoms with Crippen LogP contribution in [0.15, 0.2) is 28.9 Å². The van der Waals surface area contributed by atoms with Crippen LogP contribution >= 0.6 is 38.9 Å². The van der Waals surface area contributed by atoms with Crippen molar-refractivity contribution in [3.63, 3.8) is 0 Å². The molecule has 0 saturated carbocycles. The second-order valence-electron chi connectivity index (χ2n) is 3.03. The fourth-order valence-corrected chi connectivity index (χ4v) is 2.91. The van der Waals surface area contributed by atoms with Crippen LogP contribution < -0.4 is 5.73 Å². The lowest BCUT2D eigenvalue weighted by Crippen LogP contribution is -1.86. The predicted octanol–water partition coefficient (Wildman–Crippen LogP) is 3.73. The van der Waals surface area contributed by atoms with E-state index in [1.54, 1.807) is 0 Å². The number of nitrogen functional groups attached to an aromatic ring is 1. The lowest BCUT2D eigenvalue weighted by molar-refractivity contribution is 1.19. The molecule has 0 spiro atoms. The fraction of sp³-hybridized carbons (Fsp3) is 0.100. The van der Waals surface area contributed by atoms with E-state index < -0.39 is 0 Å². The molecule has 0 aliphatic carbocycles. The molecule has 0 atom stereocenters. The summed E-state index contributed by atoms with van der Waals surface area (Å²) in [7, 11) is 0. The molecule has 2 nitrogen and oxygen atoms in total. The van der Waals surface area contributed by atoms with E-state index in [4.69, 9.17) is 17.3 Å². The van der Waals surface area contributed by atoms with E-state index in [1.165, 1.54) is 11.3 Å². The average Bonchev–Trinajstić information content (AvgIpc) is 2.49. The monoisotopic (exact) mass is 302 g/mol. The van der Waals surface area contributed by atoms with Crippen molar-refractivity contribution in [2.75, 3.05) is 5.73 Å². The Labute approximate surface area is 105 Å². The highest BCUT2D eigenvalue weighted by molar-refractivity contribution is 9.10. The molecule has 2 N–H and O–H groups in total. The average molecular weight is 304 g/mol. The molecule has 15 heavy (non-hydrogen) atoms. The molecule has 0 saturated heterocycles. The molecule has 1 aromatic carbocycles. The number of thiazole rings is 1. The zero-order valence-electron chi connectivity index (χ0n) is 7.71. The Bertz CT molecular complexity index is 484. The van der Waals surface area contributed by atoms with Crippen molar-refractivity contribution in [3.8, 4) is 0 Å². The first-order valence-corrected chi connectivity index (χ1v) is 6.29. The van der Waals surface area contributed by atoms with Crippen LogP contribution in [0.25, 0.3) is 0 Å². The predicted molar refractivity (Wildman–Crippen MR) is 68.5 cm³/mol. The van der Waals surface area contributed by atoms with Crippen molar-refractivity contribution in [2.24, 2.45) is 0 Å². The van der Waals surface area contributed by atoms with Gasteiger partial charge in [0.1, 0.15) is 4.60 Å². The standard InChI is InChI=1S/C10H8BrClN2S/c11-9-8(15-10(13)14-9)5-6-3-1-2-4-7(6)12/h1-4H,5H2,(H2,13,14). The minimum absolute atomic E-state index is 0.573. The van der Waals surface area contributed by atoms with E-state index in [0.29, 0.717) is 5.13 Å². The fourth-order valence-electron chi connectivity index (χ4n) is 1.27. The van der Waals surface area contributed by atoms with Gasteiger partial charge in [-0.2, -0.15) is 0 Å². The maximum Gasteiger partial charge on any atom is 0.181 e. The molecule has 2 rings (SSSR count). The van der Waals surface area contributed by atoms with Crippen LogP contribution in [0, 0.1) is 0 Å². The minimum Gasteiger partial charge on any atom is -0.375 e. The summed E-state index contributed by atoms with van der Waals surface area (Å²) >= 11 is 10.9. The van der Waals surface area contributed by atoms with Crippen molar-refractivity contribution in [2.45, 2.75) is 6.42 Å². The van der Waals surface area contributed by atoms with Gasteiger partial charge < -0.3 is 5.73 Å². The number of nitrogens with zero attached hydrogens (tertiary/aromatic N) is 1. The van der Waals surface area contributed by atoms with Gasteiger partial charge in [0.2, 0.25) is 0 Å². The van der Waals surface area contributed by atoms with E-state index in [-0.39, 0.29) is 0 Å². The van der Waals surface area contributed by atoms with E-state index in [2.05, 4.69) is 20.9 Å². The summed E-state index contributed by atoms with van der Waals surface area (Å²) in [6.07, 6.45) is 0.759. The number of hydrogen-bond acceptors (Lipinski definition) is 3. The van der Waals surface area contributed by atoms with Crippen LogP contribution in [0.5, 0.6) is 0 Å². The lowest BCUT2D eigenvalue weighted by Gasteiger charge is -2.01. The number of halogens is 2. The van der Waals surface area contributed by atoms with Crippen LogP contribution in [0.3, 0.4) is 0 Å². The van der Waals surface area contributed by atoms with Gasteiger partial charge in [0.25, 0.3) is 0 Å². The molecular weight excluding hydrogens is 296 g/mol. The topological polar surface area (TPSA) is 38.9 Å². The number of anilines is 1. The normalized spacial score (nSPS) is 10.5. The van der Waals surface area contributed by atoms with E-state index in [9.17, 15) is 0 Å². The maximum absolute atomic E-state index is 6.07. The van der Waals surface area contributed by atoms with Crippen LogP contribution in [0.2, 0.25) is 5.02 Å². The number of benzene rings is 1. The Hall–Kier alpha value is -0.580. The van der Waals surface area contributed by atoms with Crippen molar-refractivity contribution in [3.05, 3.63) is 44.3 Å². The molecular formula is C10H8BrClN2S. The summed E-state index contributed by atoms with van der Waals surface area (Å²) in [4.78, 5) is 5.20. The zero-order chi connectivity index (χ0) is 10.8. The molecule has 0 fully saturated rings. The summed E-state index contributed by atoms with van der Waals surface area (Å²) in [6.45, 7) is 0. The number of hydrogen-bond donors (Lipinski definition) is 1. The van der Waals surface area contributed by atoms with Gasteiger partial charge in [0.05, 0.1) is 0 Å². The summed E-state index contributed by atoms with van der Waals surface area (Å²) in [6, 6.07) is 7.78. The third-order valence-corrected chi connectivity index (χ3v) is 4.15. The van der Waals surface area contributed by atoms with Crippen molar-refractivity contribution in [1.29, 1.82) is 0 Å². The maximum atomic E-state index is 6.07. The molecule has 0 radical (unpaired) electrons. The first-order chi connectivity index (χ1) is 7.16. The molecule has 5 heteroatoms. The first kappa shape index (κ1) is 10.9. The second-order valence-corrected chi connectivity index (χ2v) is 5.31. The van der Waals surface area contributed by atoms with Gasteiger partial charge in [-0.25, -0.2) is 4.98 Å². The van der Waals surface area contributed by atoms with Gasteiger partial charge in [0, 0.05) is 16.3 Å². The van der Waals surface area contributed by atoms with Crippen LogP contribution in [-0.4, -0.2) is 4.98 Å². The molecule has 0 amide bonds. The Morgan fingerprint density at radius 1 is 1.40 bits per heavy atom. The zero-order valence-corrected chi connectivity index (χ0v) is 10.9. The van der Waals surface area contributed by atoms with E-state index >= 15 is 0 Å². The van der Waals surface area contributed by atoms with Crippen LogP contribution in [0.4, 0.5) is 5.13 Å². The highest BCUT2D eigenvalue weighted by atomic mass is 79.9. The minimum atomic E-state index is 0.573. The lowest BCUT2D eigenvalue weighted by atomic mass is 10.1. The molecule has 0 bridgehead atoms. The second kappa shape index (κ2) is 4.51. The number of nitrogens with two attached hydrogens (primary N) is 1. The van der Waals surface area contributed by atoms with Crippen molar-refractivity contribution < 1.29 is 0 Å². The molecule has 2 aromatic rings. The van der Waals surface area contributed by atoms with E-state index in [0.717, 1.165) is 26.5 Å². The first-order valence-electron chi connectivity index (χ1n) is 4.31. The largest absolute Gasteiger partial charge is 0.375 e. The van der Waals surface area contributed by atoms with Crippen molar-refractivity contribution in [1.82, 2.24) is 4.98 Å². The summed E-state index contributed by atoms with van der Waals surface area (Å²) < 4.78 is 0.810.